The molecule has 1 unspecified atom stereocenters. The first kappa shape index (κ1) is 21.9. The number of hydrogen-bond acceptors (Lipinski definition) is 8. The van der Waals surface area contributed by atoms with Gasteiger partial charge >= 0.3 is 0 Å². The van der Waals surface area contributed by atoms with Gasteiger partial charge in [0.2, 0.25) is 0 Å². The number of benzene rings is 1. The third kappa shape index (κ3) is 3.87. The highest BCUT2D eigenvalue weighted by Gasteiger charge is 2.40. The number of pyridine rings is 1. The lowest BCUT2D eigenvalue weighted by atomic mass is 9.76. The third-order valence-electron chi connectivity index (χ3n) is 5.79. The van der Waals surface area contributed by atoms with Crippen LogP contribution in [0.5, 0.6) is 11.5 Å². The minimum absolute atomic E-state index is 0.0722. The van der Waals surface area contributed by atoms with Gasteiger partial charge < -0.3 is 15.2 Å². The Morgan fingerprint density at radius 2 is 2.03 bits per heavy atom. The Balaban J connectivity index is 1.83. The van der Waals surface area contributed by atoms with Crippen LogP contribution in [0.1, 0.15) is 41.1 Å². The number of nitriles is 1. The molecule has 2 aromatic rings. The summed E-state index contributed by atoms with van der Waals surface area (Å²) >= 11 is 0. The minimum Gasteiger partial charge on any atom is -0.493 e. The van der Waals surface area contributed by atoms with Crippen molar-refractivity contribution >= 4 is 11.7 Å². The summed E-state index contributed by atoms with van der Waals surface area (Å²) in [6.07, 6.45) is 4.49. The summed E-state index contributed by atoms with van der Waals surface area (Å²) in [5.74, 6) is -0.132. The van der Waals surface area contributed by atoms with Gasteiger partial charge in [0.1, 0.15) is 5.82 Å². The second kappa shape index (κ2) is 9.04. The van der Waals surface area contributed by atoms with Crippen molar-refractivity contribution in [2.24, 2.45) is 5.73 Å². The Morgan fingerprint density at radius 3 is 2.70 bits per heavy atom. The van der Waals surface area contributed by atoms with Crippen molar-refractivity contribution in [1.82, 2.24) is 15.4 Å². The molecule has 3 N–H and O–H groups in total. The van der Waals surface area contributed by atoms with Crippen LogP contribution < -0.4 is 20.6 Å². The molecule has 1 aliphatic heterocycles. The monoisotopic (exact) mass is 445 g/mol. The van der Waals surface area contributed by atoms with Crippen LogP contribution in [0, 0.1) is 11.3 Å². The van der Waals surface area contributed by atoms with Crippen LogP contribution in [0.25, 0.3) is 0 Å². The molecule has 0 radical (unpaired) electrons. The second-order valence-corrected chi connectivity index (χ2v) is 7.61. The Labute approximate surface area is 191 Å². The van der Waals surface area contributed by atoms with Crippen LogP contribution in [-0.4, -0.2) is 35.9 Å². The summed E-state index contributed by atoms with van der Waals surface area (Å²) in [6, 6.07) is 10.7. The number of ether oxygens (including phenoxy) is 2. The van der Waals surface area contributed by atoms with Crippen molar-refractivity contribution in [2.45, 2.75) is 25.2 Å². The maximum atomic E-state index is 13.1. The van der Waals surface area contributed by atoms with E-state index in [9.17, 15) is 14.9 Å². The van der Waals surface area contributed by atoms with E-state index in [0.29, 0.717) is 53.2 Å². The Morgan fingerprint density at radius 1 is 1.24 bits per heavy atom. The number of nitrogens with zero attached hydrogens (tertiary/aromatic N) is 3. The second-order valence-electron chi connectivity index (χ2n) is 7.61. The number of allylic oxidation sites excluding steroid dienone is 3. The molecule has 0 spiro atoms. The molecule has 9 nitrogen and oxygen atoms in total. The van der Waals surface area contributed by atoms with Gasteiger partial charge in [-0.15, -0.1) is 0 Å². The SMILES string of the molecule is COc1ccc(C2C(C#N)=C(N)N(NC(=O)c3cccnc3)C3=C2C(=O)CCC3)cc1OC. The summed E-state index contributed by atoms with van der Waals surface area (Å²) in [5.41, 5.74) is 11.4. The molecule has 0 fully saturated rings. The first-order valence-corrected chi connectivity index (χ1v) is 10.4. The van der Waals surface area contributed by atoms with Crippen LogP contribution in [0.15, 0.2) is 65.4 Å². The highest BCUT2D eigenvalue weighted by Crippen LogP contribution is 2.45. The number of hydrazine groups is 1. The van der Waals surface area contributed by atoms with E-state index in [0.717, 1.165) is 0 Å². The number of ketones is 1. The van der Waals surface area contributed by atoms with Gasteiger partial charge in [-0.25, -0.2) is 5.01 Å². The number of amides is 1. The molecule has 1 aromatic carbocycles. The summed E-state index contributed by atoms with van der Waals surface area (Å²) in [4.78, 5) is 29.9. The highest BCUT2D eigenvalue weighted by atomic mass is 16.5. The molecular weight excluding hydrogens is 422 g/mol. The predicted molar refractivity (Wildman–Crippen MR) is 119 cm³/mol. The van der Waals surface area contributed by atoms with E-state index in [1.54, 1.807) is 36.5 Å². The number of carbonyl (C=O) groups excluding carboxylic acids is 2. The Hall–Kier alpha value is -4.32. The summed E-state index contributed by atoms with van der Waals surface area (Å²) in [6.45, 7) is 0. The van der Waals surface area contributed by atoms with E-state index in [1.807, 2.05) is 0 Å². The topological polar surface area (TPSA) is 131 Å². The maximum Gasteiger partial charge on any atom is 0.271 e. The molecule has 1 atom stereocenters. The fourth-order valence-corrected chi connectivity index (χ4v) is 4.24. The van der Waals surface area contributed by atoms with Gasteiger partial charge in [-0.1, -0.05) is 6.07 Å². The minimum atomic E-state index is -0.677. The summed E-state index contributed by atoms with van der Waals surface area (Å²) in [7, 11) is 3.05. The molecule has 33 heavy (non-hydrogen) atoms. The summed E-state index contributed by atoms with van der Waals surface area (Å²) in [5, 5.41) is 11.4. The molecule has 0 saturated heterocycles. The normalized spacial score (nSPS) is 17.9. The lowest BCUT2D eigenvalue weighted by Crippen LogP contribution is -2.48. The largest absolute Gasteiger partial charge is 0.493 e. The average molecular weight is 445 g/mol. The van der Waals surface area contributed by atoms with Gasteiger partial charge in [0.15, 0.2) is 17.3 Å². The van der Waals surface area contributed by atoms with Crippen molar-refractivity contribution in [2.75, 3.05) is 14.2 Å². The number of aromatic nitrogens is 1. The molecular formula is C24H23N5O4. The first-order valence-electron chi connectivity index (χ1n) is 10.4. The molecule has 2 heterocycles. The fraction of sp³-hybridized carbons (Fsp3) is 0.250. The van der Waals surface area contributed by atoms with Crippen molar-refractivity contribution in [3.05, 3.63) is 76.5 Å². The van der Waals surface area contributed by atoms with Gasteiger partial charge in [0.05, 0.1) is 37.3 Å². The van der Waals surface area contributed by atoms with Crippen LogP contribution in [0.4, 0.5) is 0 Å². The standard InChI is InChI=1S/C24H23N5O4/c1-32-19-9-8-14(11-20(19)33-2)21-16(12-25)23(26)29(17-6-3-7-18(30)22(17)21)28-24(31)15-5-4-10-27-13-15/h4-5,8-11,13,21H,3,6-7,26H2,1-2H3,(H,28,31). The molecule has 0 saturated carbocycles. The van der Waals surface area contributed by atoms with Gasteiger partial charge in [-0.2, -0.15) is 5.26 Å². The highest BCUT2D eigenvalue weighted by molar-refractivity contribution is 6.00. The van der Waals surface area contributed by atoms with E-state index < -0.39 is 11.8 Å². The smallest absolute Gasteiger partial charge is 0.271 e. The van der Waals surface area contributed by atoms with E-state index in [2.05, 4.69) is 16.5 Å². The number of nitrogens with one attached hydrogen (secondary N) is 1. The number of carbonyl (C=O) groups is 2. The molecule has 1 amide bonds. The lowest BCUT2D eigenvalue weighted by molar-refractivity contribution is -0.116. The zero-order chi connectivity index (χ0) is 23.5. The van der Waals surface area contributed by atoms with Gasteiger partial charge in [0.25, 0.3) is 5.91 Å². The number of hydrogen-bond donors (Lipinski definition) is 2. The number of nitrogens with two attached hydrogens (primary N) is 1. The number of methoxy groups -OCH3 is 2. The molecule has 9 heteroatoms. The van der Waals surface area contributed by atoms with Crippen molar-refractivity contribution < 1.29 is 19.1 Å². The van der Waals surface area contributed by atoms with Crippen LogP contribution in [0.2, 0.25) is 0 Å². The van der Waals surface area contributed by atoms with Gasteiger partial charge in [-0.3, -0.25) is 20.0 Å². The van der Waals surface area contributed by atoms with Crippen LogP contribution >= 0.6 is 0 Å². The molecule has 1 aliphatic carbocycles. The maximum absolute atomic E-state index is 13.1. The fourth-order valence-electron chi connectivity index (χ4n) is 4.24. The van der Waals surface area contributed by atoms with E-state index in [4.69, 9.17) is 15.2 Å². The first-order chi connectivity index (χ1) is 16.0. The van der Waals surface area contributed by atoms with E-state index >= 15 is 0 Å². The Bertz CT molecular complexity index is 1210. The molecule has 4 rings (SSSR count). The molecule has 0 bridgehead atoms. The van der Waals surface area contributed by atoms with Crippen LogP contribution in [0.3, 0.4) is 0 Å². The van der Waals surface area contributed by atoms with Gasteiger partial charge in [-0.05, 0) is 42.7 Å². The molecule has 1 aromatic heterocycles. The zero-order valence-electron chi connectivity index (χ0n) is 18.3. The Kier molecular flexibility index (Phi) is 6.00. The predicted octanol–water partition coefficient (Wildman–Crippen LogP) is 2.54. The quantitative estimate of drug-likeness (QED) is 0.718. The van der Waals surface area contributed by atoms with Crippen molar-refractivity contribution in [3.8, 4) is 17.6 Å². The summed E-state index contributed by atoms with van der Waals surface area (Å²) < 4.78 is 10.7. The van der Waals surface area contributed by atoms with E-state index in [-0.39, 0.29) is 17.2 Å². The molecule has 168 valence electrons. The number of rotatable bonds is 5. The van der Waals surface area contributed by atoms with Crippen LogP contribution in [-0.2, 0) is 4.79 Å². The van der Waals surface area contributed by atoms with Crippen molar-refractivity contribution in [3.63, 3.8) is 0 Å². The van der Waals surface area contributed by atoms with E-state index in [1.165, 1.54) is 25.4 Å². The molecule has 2 aliphatic rings. The lowest BCUT2D eigenvalue weighted by Gasteiger charge is -2.39. The van der Waals surface area contributed by atoms with Gasteiger partial charge in [0, 0.05) is 30.1 Å². The third-order valence-corrected chi connectivity index (χ3v) is 5.79. The average Bonchev–Trinajstić information content (AvgIpc) is 2.85. The zero-order valence-corrected chi connectivity index (χ0v) is 18.3. The number of Topliss-reactive ketones (excluding diaryl/α,β-unsaturated/α-hetero) is 1. The van der Waals surface area contributed by atoms with Crippen molar-refractivity contribution in [1.29, 1.82) is 5.26 Å².